The number of allylic oxidation sites excluding steroid dienone is 2. The van der Waals surface area contributed by atoms with Crippen LogP contribution in [0.2, 0.25) is 0 Å². The Hall–Kier alpha value is -0.660. The van der Waals surface area contributed by atoms with Gasteiger partial charge in [-0.15, -0.1) is 0 Å². The van der Waals surface area contributed by atoms with Crippen molar-refractivity contribution in [3.63, 3.8) is 0 Å². The van der Waals surface area contributed by atoms with E-state index in [0.717, 1.165) is 31.3 Å². The zero-order valence-corrected chi connectivity index (χ0v) is 9.39. The fourth-order valence-electron chi connectivity index (χ4n) is 1.89. The highest BCUT2D eigenvalue weighted by molar-refractivity contribution is 5.77. The molecule has 1 aliphatic rings. The second kappa shape index (κ2) is 5.28. The molecule has 1 aliphatic heterocycles. The van der Waals surface area contributed by atoms with Crippen LogP contribution in [0.3, 0.4) is 0 Å². The Bertz CT molecular complexity index is 241. The highest BCUT2D eigenvalue weighted by atomic mass is 19.1. The molecule has 14 heavy (non-hydrogen) atoms. The van der Waals surface area contributed by atoms with Crippen molar-refractivity contribution in [2.45, 2.75) is 52.5 Å². The van der Waals surface area contributed by atoms with E-state index < -0.39 is 0 Å². The minimum Gasteiger partial charge on any atom is -0.287 e. The molecule has 0 spiro atoms. The lowest BCUT2D eigenvalue weighted by Gasteiger charge is -2.12. The van der Waals surface area contributed by atoms with E-state index in [1.807, 2.05) is 13.8 Å². The van der Waals surface area contributed by atoms with Gasteiger partial charge in [0.05, 0.1) is 12.3 Å². The van der Waals surface area contributed by atoms with Crippen LogP contribution in [0.25, 0.3) is 0 Å². The van der Waals surface area contributed by atoms with E-state index in [0.29, 0.717) is 12.0 Å². The highest BCUT2D eigenvalue weighted by Gasteiger charge is 2.16. The van der Waals surface area contributed by atoms with E-state index in [-0.39, 0.29) is 5.83 Å². The van der Waals surface area contributed by atoms with Gasteiger partial charge >= 0.3 is 0 Å². The number of aliphatic imine (C=N–C) groups is 1. The molecule has 0 radical (unpaired) electrons. The summed E-state index contributed by atoms with van der Waals surface area (Å²) in [4.78, 5) is 4.27. The van der Waals surface area contributed by atoms with Gasteiger partial charge in [0.2, 0.25) is 0 Å². The third-order valence-electron chi connectivity index (χ3n) is 2.77. The predicted molar refractivity (Wildman–Crippen MR) is 59.4 cm³/mol. The van der Waals surface area contributed by atoms with Crippen LogP contribution in [0.4, 0.5) is 4.39 Å². The monoisotopic (exact) mass is 197 g/mol. The summed E-state index contributed by atoms with van der Waals surface area (Å²) < 4.78 is 13.5. The molecule has 0 fully saturated rings. The zero-order chi connectivity index (χ0) is 10.6. The first-order valence-corrected chi connectivity index (χ1v) is 5.56. The lowest BCUT2D eigenvalue weighted by atomic mass is 9.95. The smallest absolute Gasteiger partial charge is 0.140 e. The maximum Gasteiger partial charge on any atom is 0.140 e. The lowest BCUT2D eigenvalue weighted by molar-refractivity contribution is 0.545. The van der Waals surface area contributed by atoms with Gasteiger partial charge < -0.3 is 0 Å². The van der Waals surface area contributed by atoms with Gasteiger partial charge in [-0.3, -0.25) is 4.99 Å². The molecule has 0 saturated heterocycles. The number of hydrogen-bond acceptors (Lipinski definition) is 1. The van der Waals surface area contributed by atoms with Crippen molar-refractivity contribution in [3.05, 3.63) is 11.4 Å². The molecule has 1 nitrogen and oxygen atoms in total. The number of halogens is 1. The Morgan fingerprint density at radius 3 is 2.86 bits per heavy atom. The molecule has 1 heterocycles. The maximum absolute atomic E-state index is 13.5. The molecule has 1 atom stereocenters. The second-order valence-electron chi connectivity index (χ2n) is 4.29. The van der Waals surface area contributed by atoms with Gasteiger partial charge in [0.25, 0.3) is 0 Å². The minimum absolute atomic E-state index is 0.0985. The standard InChI is InChI=1S/C12H20FN/c1-4-5-10-6-7-11(9(2)3)12(13)8-14-10/h8-10H,4-7H2,1-3H3/t10-/m0/s1. The Balaban J connectivity index is 2.66. The fourth-order valence-corrected chi connectivity index (χ4v) is 1.89. The van der Waals surface area contributed by atoms with E-state index in [2.05, 4.69) is 11.9 Å². The molecular weight excluding hydrogens is 177 g/mol. The normalized spacial score (nSPS) is 23.1. The molecule has 0 bridgehead atoms. The molecule has 80 valence electrons. The molecular formula is C12H20FN. The van der Waals surface area contributed by atoms with Gasteiger partial charge in [-0.1, -0.05) is 27.2 Å². The van der Waals surface area contributed by atoms with Gasteiger partial charge in [0.1, 0.15) is 5.83 Å². The van der Waals surface area contributed by atoms with Crippen LogP contribution >= 0.6 is 0 Å². The summed E-state index contributed by atoms with van der Waals surface area (Å²) in [6, 6.07) is 0.335. The summed E-state index contributed by atoms with van der Waals surface area (Å²) in [5, 5.41) is 0. The number of nitrogens with zero attached hydrogens (tertiary/aromatic N) is 1. The van der Waals surface area contributed by atoms with Crippen molar-refractivity contribution in [2.75, 3.05) is 0 Å². The highest BCUT2D eigenvalue weighted by Crippen LogP contribution is 2.25. The SMILES string of the molecule is CCC[C@H]1CCC(C(C)C)=C(F)C=N1. The second-order valence-corrected chi connectivity index (χ2v) is 4.29. The van der Waals surface area contributed by atoms with Crippen LogP contribution in [0.15, 0.2) is 16.4 Å². The van der Waals surface area contributed by atoms with Crippen molar-refractivity contribution in [3.8, 4) is 0 Å². The summed E-state index contributed by atoms with van der Waals surface area (Å²) >= 11 is 0. The molecule has 0 aromatic carbocycles. The molecule has 0 aliphatic carbocycles. The van der Waals surface area contributed by atoms with E-state index in [1.54, 1.807) is 0 Å². The van der Waals surface area contributed by atoms with Crippen molar-refractivity contribution in [2.24, 2.45) is 10.9 Å². The van der Waals surface area contributed by atoms with Gasteiger partial charge in [0.15, 0.2) is 0 Å². The van der Waals surface area contributed by atoms with E-state index in [4.69, 9.17) is 0 Å². The summed E-state index contributed by atoms with van der Waals surface area (Å²) in [7, 11) is 0. The Kier molecular flexibility index (Phi) is 4.30. The van der Waals surface area contributed by atoms with E-state index in [9.17, 15) is 4.39 Å². The quantitative estimate of drug-likeness (QED) is 0.650. The predicted octanol–water partition coefficient (Wildman–Crippen LogP) is 3.90. The summed E-state index contributed by atoms with van der Waals surface area (Å²) in [6.45, 7) is 6.24. The molecule has 0 amide bonds. The topological polar surface area (TPSA) is 12.4 Å². The van der Waals surface area contributed by atoms with Crippen LogP contribution in [0.1, 0.15) is 46.5 Å². The fraction of sp³-hybridized carbons (Fsp3) is 0.750. The van der Waals surface area contributed by atoms with Gasteiger partial charge in [0, 0.05) is 0 Å². The summed E-state index contributed by atoms with van der Waals surface area (Å²) in [6.07, 6.45) is 5.51. The van der Waals surface area contributed by atoms with Crippen molar-refractivity contribution < 1.29 is 4.39 Å². The van der Waals surface area contributed by atoms with Crippen LogP contribution in [0, 0.1) is 5.92 Å². The lowest BCUT2D eigenvalue weighted by Crippen LogP contribution is -2.03. The van der Waals surface area contributed by atoms with Crippen LogP contribution < -0.4 is 0 Å². The third-order valence-corrected chi connectivity index (χ3v) is 2.77. The molecule has 2 heteroatoms. The van der Waals surface area contributed by atoms with Crippen molar-refractivity contribution in [1.29, 1.82) is 0 Å². The molecule has 1 rings (SSSR count). The Morgan fingerprint density at radius 2 is 2.29 bits per heavy atom. The van der Waals surface area contributed by atoms with Crippen molar-refractivity contribution >= 4 is 6.21 Å². The molecule has 0 N–H and O–H groups in total. The van der Waals surface area contributed by atoms with Gasteiger partial charge in [-0.25, -0.2) is 4.39 Å². The molecule has 0 aromatic heterocycles. The summed E-state index contributed by atoms with van der Waals surface area (Å²) in [5.41, 5.74) is 0.937. The molecule has 0 aromatic rings. The Morgan fingerprint density at radius 1 is 1.57 bits per heavy atom. The van der Waals surface area contributed by atoms with E-state index in [1.165, 1.54) is 6.21 Å². The van der Waals surface area contributed by atoms with Crippen molar-refractivity contribution in [1.82, 2.24) is 0 Å². The first-order chi connectivity index (χ1) is 6.65. The average Bonchev–Trinajstić information content (AvgIpc) is 2.29. The third kappa shape index (κ3) is 2.93. The van der Waals surface area contributed by atoms with Crippen LogP contribution in [-0.2, 0) is 0 Å². The summed E-state index contributed by atoms with van der Waals surface area (Å²) in [5.74, 6) is 0.209. The van der Waals surface area contributed by atoms with Gasteiger partial charge in [-0.05, 0) is 30.8 Å². The van der Waals surface area contributed by atoms with Gasteiger partial charge in [-0.2, -0.15) is 0 Å². The van der Waals surface area contributed by atoms with E-state index >= 15 is 0 Å². The molecule has 0 saturated carbocycles. The largest absolute Gasteiger partial charge is 0.287 e. The zero-order valence-electron chi connectivity index (χ0n) is 9.39. The minimum atomic E-state index is -0.0985. The Labute approximate surface area is 86.1 Å². The first kappa shape index (κ1) is 11.4. The number of rotatable bonds is 3. The van der Waals surface area contributed by atoms with Crippen LogP contribution in [0.5, 0.6) is 0 Å². The molecule has 0 unspecified atom stereocenters. The van der Waals surface area contributed by atoms with Crippen LogP contribution in [-0.4, -0.2) is 12.3 Å². The number of hydrogen-bond donors (Lipinski definition) is 0. The maximum atomic E-state index is 13.5. The average molecular weight is 197 g/mol. The first-order valence-electron chi connectivity index (χ1n) is 5.56.